The minimum atomic E-state index is -0.947. The molecule has 0 radical (unpaired) electrons. The Balaban J connectivity index is 1.72. The summed E-state index contributed by atoms with van der Waals surface area (Å²) in [5, 5.41) is 11.9. The molecule has 33 heavy (non-hydrogen) atoms. The number of carboxylic acid groups (broad SMARTS) is 1. The lowest BCUT2D eigenvalue weighted by Crippen LogP contribution is -2.14. The summed E-state index contributed by atoms with van der Waals surface area (Å²) in [5.74, 6) is -0.408. The standard InChI is InChI=1S/C27H30N2O4/c1-19-16-23(33-15-6-2-5-14-28)12-13-24(19)20-9-7-10-22(17-20)27(32)29-25-11-4-3-8-21(25)18-26(30)31/h3-4,7-13,16-17H,2,5-6,14-15,18,28H2,1H3,(H,29,32)(H,30,31). The van der Waals surface area contributed by atoms with E-state index in [2.05, 4.69) is 5.32 Å². The molecular formula is C27H30N2O4. The second-order valence-corrected chi connectivity index (χ2v) is 7.94. The molecule has 0 heterocycles. The number of carboxylic acids is 1. The van der Waals surface area contributed by atoms with Gasteiger partial charge in [-0.15, -0.1) is 0 Å². The predicted molar refractivity (Wildman–Crippen MR) is 131 cm³/mol. The maximum atomic E-state index is 12.9. The number of aryl methyl sites for hydroxylation is 1. The first-order chi connectivity index (χ1) is 16.0. The molecule has 0 spiro atoms. The first-order valence-electron chi connectivity index (χ1n) is 11.1. The molecule has 0 aromatic heterocycles. The van der Waals surface area contributed by atoms with E-state index in [1.807, 2.05) is 43.3 Å². The van der Waals surface area contributed by atoms with E-state index < -0.39 is 5.97 Å². The van der Waals surface area contributed by atoms with E-state index in [0.717, 1.165) is 41.7 Å². The van der Waals surface area contributed by atoms with Crippen molar-refractivity contribution in [2.75, 3.05) is 18.5 Å². The number of carbonyl (C=O) groups excluding carboxylic acids is 1. The third kappa shape index (κ3) is 6.92. The first-order valence-corrected chi connectivity index (χ1v) is 11.1. The Morgan fingerprint density at radius 1 is 0.970 bits per heavy atom. The highest BCUT2D eigenvalue weighted by molar-refractivity contribution is 6.05. The summed E-state index contributed by atoms with van der Waals surface area (Å²) in [6, 6.07) is 20.3. The van der Waals surface area contributed by atoms with Crippen LogP contribution in [0.4, 0.5) is 5.69 Å². The summed E-state index contributed by atoms with van der Waals surface area (Å²) in [6.07, 6.45) is 2.89. The Bertz CT molecular complexity index is 1110. The summed E-state index contributed by atoms with van der Waals surface area (Å²) in [6.45, 7) is 3.39. The van der Waals surface area contributed by atoms with Gasteiger partial charge in [-0.25, -0.2) is 0 Å². The van der Waals surface area contributed by atoms with E-state index in [4.69, 9.17) is 15.6 Å². The highest BCUT2D eigenvalue weighted by atomic mass is 16.5. The Morgan fingerprint density at radius 3 is 2.55 bits per heavy atom. The van der Waals surface area contributed by atoms with Crippen molar-refractivity contribution < 1.29 is 19.4 Å². The molecule has 3 aromatic rings. The number of anilines is 1. The van der Waals surface area contributed by atoms with Gasteiger partial charge in [0.25, 0.3) is 5.91 Å². The summed E-state index contributed by atoms with van der Waals surface area (Å²) in [5.41, 5.74) is 10.1. The molecule has 0 fully saturated rings. The largest absolute Gasteiger partial charge is 0.494 e. The molecule has 172 valence electrons. The third-order valence-corrected chi connectivity index (χ3v) is 5.36. The van der Waals surface area contributed by atoms with Crippen LogP contribution < -0.4 is 15.8 Å². The maximum absolute atomic E-state index is 12.9. The Kier molecular flexibility index (Phi) is 8.61. The molecule has 3 aromatic carbocycles. The van der Waals surface area contributed by atoms with Gasteiger partial charge >= 0.3 is 5.97 Å². The van der Waals surface area contributed by atoms with E-state index in [1.54, 1.807) is 30.3 Å². The molecule has 0 aliphatic carbocycles. The number of carbonyl (C=O) groups is 2. The normalized spacial score (nSPS) is 10.6. The molecule has 6 nitrogen and oxygen atoms in total. The molecule has 0 unspecified atom stereocenters. The highest BCUT2D eigenvalue weighted by Gasteiger charge is 2.13. The van der Waals surface area contributed by atoms with Gasteiger partial charge in [0.2, 0.25) is 0 Å². The third-order valence-electron chi connectivity index (χ3n) is 5.36. The van der Waals surface area contributed by atoms with Crippen LogP contribution in [0.2, 0.25) is 0 Å². The topological polar surface area (TPSA) is 102 Å². The van der Waals surface area contributed by atoms with Gasteiger partial charge in [0, 0.05) is 11.3 Å². The van der Waals surface area contributed by atoms with Gasteiger partial charge in [0.1, 0.15) is 5.75 Å². The zero-order chi connectivity index (χ0) is 23.6. The number of hydrogen-bond acceptors (Lipinski definition) is 4. The minimum Gasteiger partial charge on any atom is -0.494 e. The molecule has 1 amide bonds. The van der Waals surface area contributed by atoms with Crippen molar-refractivity contribution >= 4 is 17.6 Å². The van der Waals surface area contributed by atoms with Crippen LogP contribution >= 0.6 is 0 Å². The molecule has 0 atom stereocenters. The number of rotatable bonds is 11. The highest BCUT2D eigenvalue weighted by Crippen LogP contribution is 2.28. The summed E-state index contributed by atoms with van der Waals surface area (Å²) in [7, 11) is 0. The van der Waals surface area contributed by atoms with Crippen LogP contribution in [0.3, 0.4) is 0 Å². The quantitative estimate of drug-likeness (QED) is 0.358. The zero-order valence-corrected chi connectivity index (χ0v) is 18.8. The first kappa shape index (κ1) is 24.0. The van der Waals surface area contributed by atoms with Crippen molar-refractivity contribution in [3.05, 3.63) is 83.4 Å². The van der Waals surface area contributed by atoms with Crippen LogP contribution in [0.5, 0.6) is 5.75 Å². The van der Waals surface area contributed by atoms with Crippen molar-refractivity contribution in [2.24, 2.45) is 5.73 Å². The lowest BCUT2D eigenvalue weighted by Gasteiger charge is -2.13. The number of unbranched alkanes of at least 4 members (excludes halogenated alkanes) is 2. The maximum Gasteiger partial charge on any atom is 0.307 e. The smallest absolute Gasteiger partial charge is 0.307 e. The molecule has 6 heteroatoms. The van der Waals surface area contributed by atoms with Crippen LogP contribution in [0.15, 0.2) is 66.7 Å². The lowest BCUT2D eigenvalue weighted by molar-refractivity contribution is -0.136. The molecule has 0 saturated heterocycles. The number of hydrogen-bond donors (Lipinski definition) is 3. The second-order valence-electron chi connectivity index (χ2n) is 7.94. The zero-order valence-electron chi connectivity index (χ0n) is 18.8. The van der Waals surface area contributed by atoms with Crippen molar-refractivity contribution in [3.8, 4) is 16.9 Å². The molecule has 0 bridgehead atoms. The SMILES string of the molecule is Cc1cc(OCCCCCN)ccc1-c1cccc(C(=O)Nc2ccccc2CC(=O)O)c1. The molecule has 4 N–H and O–H groups in total. The summed E-state index contributed by atoms with van der Waals surface area (Å²) >= 11 is 0. The van der Waals surface area contributed by atoms with Crippen molar-refractivity contribution in [1.82, 2.24) is 0 Å². The number of nitrogens with two attached hydrogens (primary N) is 1. The van der Waals surface area contributed by atoms with Gasteiger partial charge in [0.15, 0.2) is 0 Å². The van der Waals surface area contributed by atoms with E-state index in [-0.39, 0.29) is 12.3 Å². The fourth-order valence-electron chi connectivity index (χ4n) is 3.64. The Hall–Kier alpha value is -3.64. The number of ether oxygens (including phenoxy) is 1. The van der Waals surface area contributed by atoms with Crippen molar-refractivity contribution in [3.63, 3.8) is 0 Å². The van der Waals surface area contributed by atoms with E-state index >= 15 is 0 Å². The van der Waals surface area contributed by atoms with Crippen molar-refractivity contribution in [1.29, 1.82) is 0 Å². The molecule has 3 rings (SSSR count). The second kappa shape index (κ2) is 11.8. The lowest BCUT2D eigenvalue weighted by atomic mass is 9.98. The van der Waals surface area contributed by atoms with Gasteiger partial charge in [0.05, 0.1) is 13.0 Å². The summed E-state index contributed by atoms with van der Waals surface area (Å²) in [4.78, 5) is 24.0. The van der Waals surface area contributed by atoms with E-state index in [9.17, 15) is 9.59 Å². The fraction of sp³-hybridized carbons (Fsp3) is 0.259. The van der Waals surface area contributed by atoms with Crippen LogP contribution in [0.25, 0.3) is 11.1 Å². The average Bonchev–Trinajstić information content (AvgIpc) is 2.80. The molecule has 0 saturated carbocycles. The average molecular weight is 447 g/mol. The van der Waals surface area contributed by atoms with Crippen LogP contribution in [-0.4, -0.2) is 30.1 Å². The van der Waals surface area contributed by atoms with Gasteiger partial charge in [-0.2, -0.15) is 0 Å². The number of amides is 1. The number of benzene rings is 3. The van der Waals surface area contributed by atoms with Crippen LogP contribution in [0.1, 0.15) is 40.7 Å². The Morgan fingerprint density at radius 2 is 1.79 bits per heavy atom. The van der Waals surface area contributed by atoms with Gasteiger partial charge in [-0.1, -0.05) is 36.4 Å². The van der Waals surface area contributed by atoms with Gasteiger partial charge in [-0.3, -0.25) is 9.59 Å². The summed E-state index contributed by atoms with van der Waals surface area (Å²) < 4.78 is 5.84. The molecule has 0 aliphatic heterocycles. The number of nitrogens with one attached hydrogen (secondary N) is 1. The molecule has 0 aliphatic rings. The van der Waals surface area contributed by atoms with E-state index in [1.165, 1.54) is 0 Å². The minimum absolute atomic E-state index is 0.156. The molecular weight excluding hydrogens is 416 g/mol. The number of aliphatic carboxylic acids is 1. The van der Waals surface area contributed by atoms with Crippen LogP contribution in [0, 0.1) is 6.92 Å². The number of para-hydroxylation sites is 1. The predicted octanol–water partition coefficient (Wildman–Crippen LogP) is 5.05. The Labute approximate surface area is 194 Å². The fourth-order valence-corrected chi connectivity index (χ4v) is 3.64. The van der Waals surface area contributed by atoms with Gasteiger partial charge < -0.3 is 20.9 Å². The van der Waals surface area contributed by atoms with Crippen LogP contribution in [-0.2, 0) is 11.2 Å². The van der Waals surface area contributed by atoms with Crippen molar-refractivity contribution in [2.45, 2.75) is 32.6 Å². The van der Waals surface area contributed by atoms with E-state index in [0.29, 0.717) is 30.0 Å². The monoisotopic (exact) mass is 446 g/mol. The van der Waals surface area contributed by atoms with Gasteiger partial charge in [-0.05, 0) is 85.3 Å².